The highest BCUT2D eigenvalue weighted by molar-refractivity contribution is 7.12. The predicted octanol–water partition coefficient (Wildman–Crippen LogP) is 0.956. The lowest BCUT2D eigenvalue weighted by atomic mass is 10.3. The van der Waals surface area contributed by atoms with Gasteiger partial charge in [-0.1, -0.05) is 17.4 Å². The molecule has 0 atom stereocenters. The molecule has 0 spiro atoms. The number of carbonyl (C=O) groups is 2. The van der Waals surface area contributed by atoms with Crippen LogP contribution in [-0.2, 0) is 11.3 Å². The minimum absolute atomic E-state index is 0.0242. The molecule has 0 aromatic carbocycles. The topological polar surface area (TPSA) is 62.6 Å². The summed E-state index contributed by atoms with van der Waals surface area (Å²) >= 11 is 2.51. The van der Waals surface area contributed by atoms with Crippen molar-refractivity contribution in [3.8, 4) is 0 Å². The highest BCUT2D eigenvalue weighted by Gasteiger charge is 2.25. The van der Waals surface area contributed by atoms with Crippen LogP contribution in [0.15, 0.2) is 33.9 Å². The van der Waals surface area contributed by atoms with Gasteiger partial charge in [0.05, 0.1) is 4.88 Å². The molecule has 0 radical (unpaired) electrons. The Bertz CT molecular complexity index is 712. The van der Waals surface area contributed by atoms with E-state index in [4.69, 9.17) is 0 Å². The van der Waals surface area contributed by atoms with E-state index in [-0.39, 0.29) is 23.2 Å². The van der Waals surface area contributed by atoms with E-state index in [1.54, 1.807) is 21.4 Å². The first kappa shape index (κ1) is 15.0. The number of hydrogen-bond acceptors (Lipinski definition) is 5. The second kappa shape index (κ2) is 6.45. The third kappa shape index (κ3) is 3.12. The van der Waals surface area contributed by atoms with Gasteiger partial charge in [-0.15, -0.1) is 11.3 Å². The molecule has 1 saturated heterocycles. The molecule has 1 aliphatic heterocycles. The standard InChI is InChI=1S/C14H15N3O3S2/c18-12(10-17-7-9-22-14(17)20)15-3-5-16(6-4-15)13(19)11-2-1-8-21-11/h1-2,7-9H,3-6,10H2. The Morgan fingerprint density at radius 3 is 2.36 bits per heavy atom. The maximum atomic E-state index is 12.2. The number of aromatic nitrogens is 1. The minimum Gasteiger partial charge on any atom is -0.338 e. The number of carbonyl (C=O) groups excluding carboxylic acids is 2. The van der Waals surface area contributed by atoms with Crippen LogP contribution in [0, 0.1) is 0 Å². The van der Waals surface area contributed by atoms with Gasteiger partial charge in [-0.05, 0) is 11.4 Å². The van der Waals surface area contributed by atoms with Crippen LogP contribution in [-0.4, -0.2) is 52.4 Å². The van der Waals surface area contributed by atoms with Crippen LogP contribution < -0.4 is 4.87 Å². The normalized spacial score (nSPS) is 15.1. The number of piperazine rings is 1. The third-order valence-corrected chi connectivity index (χ3v) is 5.15. The van der Waals surface area contributed by atoms with Gasteiger partial charge < -0.3 is 9.80 Å². The maximum absolute atomic E-state index is 12.2. The lowest BCUT2D eigenvalue weighted by Gasteiger charge is -2.34. The molecule has 3 rings (SSSR count). The number of thiophene rings is 1. The van der Waals surface area contributed by atoms with Gasteiger partial charge >= 0.3 is 4.87 Å². The van der Waals surface area contributed by atoms with Crippen LogP contribution >= 0.6 is 22.7 Å². The fourth-order valence-electron chi connectivity index (χ4n) is 2.37. The smallest absolute Gasteiger partial charge is 0.307 e. The van der Waals surface area contributed by atoms with Crippen molar-refractivity contribution in [1.29, 1.82) is 0 Å². The maximum Gasteiger partial charge on any atom is 0.307 e. The Morgan fingerprint density at radius 1 is 1.05 bits per heavy atom. The van der Waals surface area contributed by atoms with E-state index in [9.17, 15) is 14.4 Å². The SMILES string of the molecule is O=C(Cn1ccsc1=O)N1CCN(C(=O)c2cccs2)CC1. The van der Waals surface area contributed by atoms with Crippen LogP contribution in [0.3, 0.4) is 0 Å². The molecule has 0 bridgehead atoms. The molecule has 8 heteroatoms. The molecule has 1 aliphatic rings. The summed E-state index contributed by atoms with van der Waals surface area (Å²) in [6.07, 6.45) is 1.63. The van der Waals surface area contributed by atoms with Gasteiger partial charge in [-0.2, -0.15) is 0 Å². The Labute approximate surface area is 135 Å². The highest BCUT2D eigenvalue weighted by atomic mass is 32.1. The summed E-state index contributed by atoms with van der Waals surface area (Å²) in [5, 5.41) is 3.55. The summed E-state index contributed by atoms with van der Waals surface area (Å²) in [7, 11) is 0. The molecule has 6 nitrogen and oxygen atoms in total. The monoisotopic (exact) mass is 337 g/mol. The van der Waals surface area contributed by atoms with Crippen molar-refractivity contribution in [3.05, 3.63) is 43.6 Å². The van der Waals surface area contributed by atoms with Gasteiger partial charge in [-0.25, -0.2) is 0 Å². The molecule has 0 N–H and O–H groups in total. The zero-order chi connectivity index (χ0) is 15.5. The van der Waals surface area contributed by atoms with Crippen molar-refractivity contribution >= 4 is 34.5 Å². The first-order valence-electron chi connectivity index (χ1n) is 6.89. The van der Waals surface area contributed by atoms with Crippen LogP contribution in [0.5, 0.6) is 0 Å². The molecule has 2 aromatic rings. The van der Waals surface area contributed by atoms with Gasteiger partial charge in [0.15, 0.2) is 0 Å². The molecule has 1 fully saturated rings. The van der Waals surface area contributed by atoms with E-state index in [0.717, 1.165) is 16.2 Å². The number of rotatable bonds is 3. The van der Waals surface area contributed by atoms with Crippen molar-refractivity contribution < 1.29 is 9.59 Å². The zero-order valence-corrected chi connectivity index (χ0v) is 13.4. The second-order valence-corrected chi connectivity index (χ2v) is 6.75. The summed E-state index contributed by atoms with van der Waals surface area (Å²) in [6, 6.07) is 3.67. The summed E-state index contributed by atoms with van der Waals surface area (Å²) < 4.78 is 1.41. The summed E-state index contributed by atoms with van der Waals surface area (Å²) in [5.74, 6) is -0.0557. The van der Waals surface area contributed by atoms with Gasteiger partial charge in [0.1, 0.15) is 6.54 Å². The average Bonchev–Trinajstić information content (AvgIpc) is 3.19. The average molecular weight is 337 g/mol. The molecular weight excluding hydrogens is 322 g/mol. The molecule has 0 unspecified atom stereocenters. The summed E-state index contributed by atoms with van der Waals surface area (Å²) in [6.45, 7) is 2.15. The third-order valence-electron chi connectivity index (χ3n) is 3.60. The van der Waals surface area contributed by atoms with Crippen LogP contribution in [0.2, 0.25) is 0 Å². The van der Waals surface area contributed by atoms with E-state index in [2.05, 4.69) is 0 Å². The Kier molecular flexibility index (Phi) is 4.39. The molecule has 0 aliphatic carbocycles. The minimum atomic E-state index is -0.125. The number of nitrogens with zero attached hydrogens (tertiary/aromatic N) is 3. The second-order valence-electron chi connectivity index (χ2n) is 4.95. The summed E-state index contributed by atoms with van der Waals surface area (Å²) in [5.41, 5.74) is 0. The molecular formula is C14H15N3O3S2. The number of amides is 2. The van der Waals surface area contributed by atoms with Crippen molar-refractivity contribution in [2.45, 2.75) is 6.54 Å². The molecule has 2 amide bonds. The van der Waals surface area contributed by atoms with Crippen LogP contribution in [0.4, 0.5) is 0 Å². The van der Waals surface area contributed by atoms with Crippen molar-refractivity contribution in [1.82, 2.24) is 14.4 Å². The van der Waals surface area contributed by atoms with Crippen molar-refractivity contribution in [2.24, 2.45) is 0 Å². The lowest BCUT2D eigenvalue weighted by molar-refractivity contribution is -0.133. The largest absolute Gasteiger partial charge is 0.338 e. The lowest BCUT2D eigenvalue weighted by Crippen LogP contribution is -2.51. The fourth-order valence-corrected chi connectivity index (χ4v) is 3.64. The van der Waals surface area contributed by atoms with E-state index >= 15 is 0 Å². The molecule has 116 valence electrons. The molecule has 22 heavy (non-hydrogen) atoms. The van der Waals surface area contributed by atoms with Gasteiger partial charge in [0, 0.05) is 37.8 Å². The van der Waals surface area contributed by atoms with Gasteiger partial charge in [-0.3, -0.25) is 19.0 Å². The Morgan fingerprint density at radius 2 is 1.77 bits per heavy atom. The van der Waals surface area contributed by atoms with Crippen molar-refractivity contribution in [3.63, 3.8) is 0 Å². The molecule has 3 heterocycles. The van der Waals surface area contributed by atoms with Crippen LogP contribution in [0.25, 0.3) is 0 Å². The van der Waals surface area contributed by atoms with Crippen molar-refractivity contribution in [2.75, 3.05) is 26.2 Å². The number of thiazole rings is 1. The number of hydrogen-bond donors (Lipinski definition) is 0. The van der Waals surface area contributed by atoms with Gasteiger partial charge in [0.25, 0.3) is 5.91 Å². The zero-order valence-electron chi connectivity index (χ0n) is 11.8. The first-order chi connectivity index (χ1) is 10.6. The van der Waals surface area contributed by atoms with Gasteiger partial charge in [0.2, 0.25) is 5.91 Å². The quantitative estimate of drug-likeness (QED) is 0.838. The predicted molar refractivity (Wildman–Crippen MR) is 85.4 cm³/mol. The van der Waals surface area contributed by atoms with E-state index in [1.807, 2.05) is 17.5 Å². The molecule has 2 aromatic heterocycles. The molecule has 0 saturated carbocycles. The summed E-state index contributed by atoms with van der Waals surface area (Å²) in [4.78, 5) is 40.0. The van der Waals surface area contributed by atoms with E-state index in [1.165, 1.54) is 15.9 Å². The van der Waals surface area contributed by atoms with E-state index < -0.39 is 0 Å². The Hall–Kier alpha value is -1.93. The first-order valence-corrected chi connectivity index (χ1v) is 8.65. The Balaban J connectivity index is 1.55. The van der Waals surface area contributed by atoms with E-state index in [0.29, 0.717) is 26.2 Å². The fraction of sp³-hybridized carbons (Fsp3) is 0.357. The van der Waals surface area contributed by atoms with Crippen LogP contribution in [0.1, 0.15) is 9.67 Å². The highest BCUT2D eigenvalue weighted by Crippen LogP contribution is 2.14.